The first kappa shape index (κ1) is 13.6. The van der Waals surface area contributed by atoms with Gasteiger partial charge in [-0.1, -0.05) is 15.9 Å². The number of rotatable bonds is 4. The number of benzene rings is 1. The van der Waals surface area contributed by atoms with Crippen molar-refractivity contribution in [2.24, 2.45) is 0 Å². The van der Waals surface area contributed by atoms with Crippen molar-refractivity contribution in [3.05, 3.63) is 34.4 Å². The second-order valence-electron chi connectivity index (χ2n) is 3.88. The van der Waals surface area contributed by atoms with Crippen molar-refractivity contribution in [2.75, 3.05) is 7.11 Å². The SMILES string of the molecule is CCn1nc(C(=O)O)cc1-c1cc(Br)ccc1OC. The number of aromatic carboxylic acids is 1. The standard InChI is InChI=1S/C13H13BrN2O3/c1-3-16-11(7-10(15-16)13(17)18)9-6-8(14)4-5-12(9)19-2/h4-7H,3H2,1-2H3,(H,17,18). The molecule has 0 atom stereocenters. The van der Waals surface area contributed by atoms with Gasteiger partial charge in [0.15, 0.2) is 5.69 Å². The lowest BCUT2D eigenvalue weighted by Crippen LogP contribution is -2.02. The van der Waals surface area contributed by atoms with Crippen LogP contribution in [-0.2, 0) is 6.54 Å². The van der Waals surface area contributed by atoms with Gasteiger partial charge in [0.2, 0.25) is 0 Å². The maximum atomic E-state index is 11.0. The van der Waals surface area contributed by atoms with Crippen molar-refractivity contribution in [3.63, 3.8) is 0 Å². The molecule has 1 aromatic heterocycles. The van der Waals surface area contributed by atoms with Gasteiger partial charge in [0.1, 0.15) is 5.75 Å². The largest absolute Gasteiger partial charge is 0.496 e. The normalized spacial score (nSPS) is 10.5. The number of aryl methyl sites for hydroxylation is 1. The van der Waals surface area contributed by atoms with Gasteiger partial charge in [0.05, 0.1) is 12.8 Å². The van der Waals surface area contributed by atoms with E-state index in [1.165, 1.54) is 0 Å². The topological polar surface area (TPSA) is 64.4 Å². The molecule has 100 valence electrons. The van der Waals surface area contributed by atoms with Gasteiger partial charge in [-0.15, -0.1) is 0 Å². The minimum atomic E-state index is -1.04. The summed E-state index contributed by atoms with van der Waals surface area (Å²) in [4.78, 5) is 11.0. The van der Waals surface area contributed by atoms with E-state index in [2.05, 4.69) is 21.0 Å². The zero-order valence-corrected chi connectivity index (χ0v) is 12.1. The predicted octanol–water partition coefficient (Wildman–Crippen LogP) is 3.04. The molecule has 0 unspecified atom stereocenters. The van der Waals surface area contributed by atoms with E-state index >= 15 is 0 Å². The Morgan fingerprint density at radius 2 is 2.21 bits per heavy atom. The van der Waals surface area contributed by atoms with Crippen LogP contribution in [0, 0.1) is 0 Å². The molecule has 0 saturated heterocycles. The van der Waals surface area contributed by atoms with Crippen molar-refractivity contribution in [2.45, 2.75) is 13.5 Å². The molecule has 0 aliphatic carbocycles. The van der Waals surface area contributed by atoms with E-state index in [0.29, 0.717) is 12.3 Å². The highest BCUT2D eigenvalue weighted by atomic mass is 79.9. The second kappa shape index (κ2) is 5.44. The fraction of sp³-hybridized carbons (Fsp3) is 0.231. The van der Waals surface area contributed by atoms with Crippen LogP contribution in [0.2, 0.25) is 0 Å². The fourth-order valence-electron chi connectivity index (χ4n) is 1.86. The van der Waals surface area contributed by atoms with E-state index in [4.69, 9.17) is 9.84 Å². The van der Waals surface area contributed by atoms with Gasteiger partial charge in [0, 0.05) is 16.6 Å². The number of carboxylic acids is 1. The first-order chi connectivity index (χ1) is 9.06. The Morgan fingerprint density at radius 1 is 1.47 bits per heavy atom. The van der Waals surface area contributed by atoms with Crippen molar-refractivity contribution in [1.82, 2.24) is 9.78 Å². The second-order valence-corrected chi connectivity index (χ2v) is 4.80. The third-order valence-corrected chi connectivity index (χ3v) is 3.23. The maximum absolute atomic E-state index is 11.0. The van der Waals surface area contributed by atoms with Crippen molar-refractivity contribution in [1.29, 1.82) is 0 Å². The molecule has 0 aliphatic rings. The van der Waals surface area contributed by atoms with E-state index in [1.54, 1.807) is 17.9 Å². The Labute approximate surface area is 118 Å². The van der Waals surface area contributed by atoms with Crippen LogP contribution in [0.1, 0.15) is 17.4 Å². The lowest BCUT2D eigenvalue weighted by molar-refractivity contribution is 0.0689. The number of methoxy groups -OCH3 is 1. The van der Waals surface area contributed by atoms with Crippen LogP contribution in [0.5, 0.6) is 5.75 Å². The van der Waals surface area contributed by atoms with Crippen LogP contribution in [0.4, 0.5) is 0 Å². The highest BCUT2D eigenvalue weighted by Crippen LogP contribution is 2.33. The van der Waals surface area contributed by atoms with Gasteiger partial charge in [-0.3, -0.25) is 4.68 Å². The molecule has 1 aromatic carbocycles. The molecule has 0 spiro atoms. The quantitative estimate of drug-likeness (QED) is 0.938. The van der Waals surface area contributed by atoms with Crippen LogP contribution < -0.4 is 4.74 Å². The Bertz CT molecular complexity index is 622. The summed E-state index contributed by atoms with van der Waals surface area (Å²) >= 11 is 3.40. The van der Waals surface area contributed by atoms with Gasteiger partial charge < -0.3 is 9.84 Å². The average Bonchev–Trinajstić information content (AvgIpc) is 2.82. The third-order valence-electron chi connectivity index (χ3n) is 2.74. The first-order valence-corrected chi connectivity index (χ1v) is 6.51. The number of halogens is 1. The molecule has 0 amide bonds. The zero-order chi connectivity index (χ0) is 14.0. The highest BCUT2D eigenvalue weighted by molar-refractivity contribution is 9.10. The number of nitrogens with zero attached hydrogens (tertiary/aromatic N) is 2. The number of hydrogen-bond donors (Lipinski definition) is 1. The summed E-state index contributed by atoms with van der Waals surface area (Å²) < 4.78 is 7.85. The Morgan fingerprint density at radius 3 is 2.79 bits per heavy atom. The Hall–Kier alpha value is -1.82. The van der Waals surface area contributed by atoms with E-state index in [9.17, 15) is 4.79 Å². The van der Waals surface area contributed by atoms with Crippen molar-refractivity contribution in [3.8, 4) is 17.0 Å². The molecule has 6 heteroatoms. The van der Waals surface area contributed by atoms with Gasteiger partial charge in [0.25, 0.3) is 0 Å². The summed E-state index contributed by atoms with van der Waals surface area (Å²) in [7, 11) is 1.58. The number of aromatic nitrogens is 2. The summed E-state index contributed by atoms with van der Waals surface area (Å²) in [5, 5.41) is 13.1. The van der Waals surface area contributed by atoms with Crippen LogP contribution in [-0.4, -0.2) is 28.0 Å². The monoisotopic (exact) mass is 324 g/mol. The molecule has 2 aromatic rings. The fourth-order valence-corrected chi connectivity index (χ4v) is 2.22. The van der Waals surface area contributed by atoms with Crippen molar-refractivity contribution >= 4 is 21.9 Å². The van der Waals surface area contributed by atoms with E-state index in [0.717, 1.165) is 15.7 Å². The van der Waals surface area contributed by atoms with E-state index < -0.39 is 5.97 Å². The molecule has 1 N–H and O–H groups in total. The predicted molar refractivity (Wildman–Crippen MR) is 74.5 cm³/mol. The molecule has 2 rings (SSSR count). The molecule has 5 nitrogen and oxygen atoms in total. The summed E-state index contributed by atoms with van der Waals surface area (Å²) in [5.74, 6) is -0.364. The van der Waals surface area contributed by atoms with Gasteiger partial charge >= 0.3 is 5.97 Å². The number of hydrogen-bond acceptors (Lipinski definition) is 3. The summed E-state index contributed by atoms with van der Waals surface area (Å²) in [6.45, 7) is 2.49. The highest BCUT2D eigenvalue weighted by Gasteiger charge is 2.16. The molecule has 0 saturated carbocycles. The van der Waals surface area contributed by atoms with E-state index in [-0.39, 0.29) is 5.69 Å². The Kier molecular flexibility index (Phi) is 3.90. The zero-order valence-electron chi connectivity index (χ0n) is 10.6. The van der Waals surface area contributed by atoms with Crippen LogP contribution >= 0.6 is 15.9 Å². The Balaban J connectivity index is 2.63. The molecular formula is C13H13BrN2O3. The molecule has 1 heterocycles. The maximum Gasteiger partial charge on any atom is 0.356 e. The number of carboxylic acid groups (broad SMARTS) is 1. The van der Waals surface area contributed by atoms with Crippen LogP contribution in [0.15, 0.2) is 28.7 Å². The molecule has 0 bridgehead atoms. The average molecular weight is 325 g/mol. The first-order valence-electron chi connectivity index (χ1n) is 5.72. The van der Waals surface area contributed by atoms with Crippen LogP contribution in [0.3, 0.4) is 0 Å². The summed E-state index contributed by atoms with van der Waals surface area (Å²) in [6.07, 6.45) is 0. The third kappa shape index (κ3) is 2.63. The summed E-state index contributed by atoms with van der Waals surface area (Å²) in [6, 6.07) is 7.13. The molecule has 0 radical (unpaired) electrons. The van der Waals surface area contributed by atoms with Gasteiger partial charge in [-0.05, 0) is 31.2 Å². The number of ether oxygens (including phenoxy) is 1. The van der Waals surface area contributed by atoms with Crippen molar-refractivity contribution < 1.29 is 14.6 Å². The molecule has 0 fully saturated rings. The van der Waals surface area contributed by atoms with E-state index in [1.807, 2.05) is 25.1 Å². The molecule has 0 aliphatic heterocycles. The van der Waals surface area contributed by atoms with Gasteiger partial charge in [-0.25, -0.2) is 4.79 Å². The lowest BCUT2D eigenvalue weighted by atomic mass is 10.1. The minimum Gasteiger partial charge on any atom is -0.496 e. The van der Waals surface area contributed by atoms with Gasteiger partial charge in [-0.2, -0.15) is 5.10 Å². The lowest BCUT2D eigenvalue weighted by Gasteiger charge is -2.10. The number of carbonyl (C=O) groups is 1. The smallest absolute Gasteiger partial charge is 0.356 e. The minimum absolute atomic E-state index is 0.0267. The summed E-state index contributed by atoms with van der Waals surface area (Å²) in [5.41, 5.74) is 1.55. The molecular weight excluding hydrogens is 312 g/mol. The van der Waals surface area contributed by atoms with Crippen LogP contribution in [0.25, 0.3) is 11.3 Å². The molecule has 19 heavy (non-hydrogen) atoms.